The fourth-order valence-corrected chi connectivity index (χ4v) is 3.97. The maximum absolute atomic E-state index is 13.2. The van der Waals surface area contributed by atoms with E-state index in [-0.39, 0.29) is 13.2 Å². The number of carbonyl (C=O) groups is 3. The molecule has 0 aliphatic rings. The van der Waals surface area contributed by atoms with Crippen molar-refractivity contribution in [1.29, 1.82) is 0 Å². The van der Waals surface area contributed by atoms with Crippen molar-refractivity contribution in [3.8, 4) is 0 Å². The van der Waals surface area contributed by atoms with Gasteiger partial charge in [-0.15, -0.1) is 0 Å². The maximum Gasteiger partial charge on any atom is 0.339 e. The van der Waals surface area contributed by atoms with Gasteiger partial charge in [0, 0.05) is 19.8 Å². The summed E-state index contributed by atoms with van der Waals surface area (Å²) >= 11 is 0. The molecule has 1 amide bonds. The Morgan fingerprint density at radius 3 is 2.07 bits per heavy atom. The van der Waals surface area contributed by atoms with E-state index in [0.717, 1.165) is 25.7 Å². The van der Waals surface area contributed by atoms with E-state index in [9.17, 15) is 14.4 Å². The first-order valence-corrected chi connectivity index (χ1v) is 14.8. The molecule has 9 nitrogen and oxygen atoms in total. The van der Waals surface area contributed by atoms with Gasteiger partial charge < -0.3 is 29.4 Å². The fraction of sp³-hybridized carbons (Fsp3) is 0.719. The van der Waals surface area contributed by atoms with Crippen molar-refractivity contribution in [3.05, 3.63) is 34.9 Å². The average Bonchev–Trinajstić information content (AvgIpc) is 2.84. The zero-order valence-corrected chi connectivity index (χ0v) is 26.5. The van der Waals surface area contributed by atoms with Crippen LogP contribution in [0.4, 0.5) is 0 Å². The molecule has 0 heterocycles. The number of hydrogen-bond acceptors (Lipinski definition) is 8. The van der Waals surface area contributed by atoms with Gasteiger partial charge in [0.15, 0.2) is 12.2 Å². The van der Waals surface area contributed by atoms with Crippen molar-refractivity contribution in [2.24, 2.45) is 0 Å². The van der Waals surface area contributed by atoms with Crippen LogP contribution in [-0.2, 0) is 39.8 Å². The van der Waals surface area contributed by atoms with E-state index in [1.165, 1.54) is 16.7 Å². The lowest BCUT2D eigenvalue weighted by atomic mass is 10.0. The Kier molecular flexibility index (Phi) is 16.2. The molecule has 41 heavy (non-hydrogen) atoms. The third-order valence-electron chi connectivity index (χ3n) is 6.09. The fourth-order valence-electron chi connectivity index (χ4n) is 3.97. The van der Waals surface area contributed by atoms with Gasteiger partial charge in [-0.2, -0.15) is 0 Å². The lowest BCUT2D eigenvalue weighted by molar-refractivity contribution is -0.187. The molecular formula is C32H53NO8. The maximum atomic E-state index is 13.2. The lowest BCUT2D eigenvalue weighted by Crippen LogP contribution is -2.51. The number of amides is 1. The van der Waals surface area contributed by atoms with Crippen LogP contribution in [0.1, 0.15) is 96.8 Å². The number of aliphatic hydroxyl groups is 1. The quantitative estimate of drug-likeness (QED) is 0.189. The summed E-state index contributed by atoms with van der Waals surface area (Å²) in [4.78, 5) is 38.8. The van der Waals surface area contributed by atoms with Crippen LogP contribution in [0.25, 0.3) is 0 Å². The van der Waals surface area contributed by atoms with Crippen LogP contribution in [0.5, 0.6) is 0 Å². The number of unbranched alkanes of at least 4 members (excludes halogenated alkanes) is 4. The van der Waals surface area contributed by atoms with Crippen LogP contribution in [-0.4, -0.2) is 72.7 Å². The SMILES string of the molecule is Cc1ccc(CCCCCO[C@@H](C(=O)NCCCCCO)[C@@H](OCC(=O)OC(C)(C)C)C(=O)OC(C)(C)C)cc1C. The molecule has 0 aromatic heterocycles. The third kappa shape index (κ3) is 16.5. The Labute approximate surface area is 246 Å². The number of carbonyl (C=O) groups excluding carboxylic acids is 3. The molecule has 1 rings (SSSR count). The van der Waals surface area contributed by atoms with Gasteiger partial charge in [0.05, 0.1) is 0 Å². The first kappa shape index (κ1) is 36.5. The molecule has 2 N–H and O–H groups in total. The van der Waals surface area contributed by atoms with Crippen molar-refractivity contribution in [1.82, 2.24) is 5.32 Å². The Balaban J connectivity index is 2.91. The van der Waals surface area contributed by atoms with E-state index in [1.807, 2.05) is 0 Å². The first-order valence-electron chi connectivity index (χ1n) is 14.8. The highest BCUT2D eigenvalue weighted by Gasteiger charge is 2.39. The number of aliphatic hydroxyl groups excluding tert-OH is 1. The van der Waals surface area contributed by atoms with Gasteiger partial charge in [0.2, 0.25) is 0 Å². The van der Waals surface area contributed by atoms with Gasteiger partial charge in [-0.25, -0.2) is 9.59 Å². The monoisotopic (exact) mass is 579 g/mol. The number of benzene rings is 1. The van der Waals surface area contributed by atoms with E-state index in [4.69, 9.17) is 24.1 Å². The number of aryl methyl sites for hydroxylation is 3. The zero-order valence-electron chi connectivity index (χ0n) is 26.5. The van der Waals surface area contributed by atoms with Gasteiger partial charge in [-0.05, 0) is 111 Å². The van der Waals surface area contributed by atoms with Crippen LogP contribution in [0.15, 0.2) is 18.2 Å². The van der Waals surface area contributed by atoms with E-state index < -0.39 is 47.9 Å². The number of hydrogen-bond donors (Lipinski definition) is 2. The summed E-state index contributed by atoms with van der Waals surface area (Å²) in [5.41, 5.74) is 2.25. The predicted octanol–water partition coefficient (Wildman–Crippen LogP) is 4.75. The Hall–Kier alpha value is -2.49. The van der Waals surface area contributed by atoms with Gasteiger partial charge in [-0.1, -0.05) is 24.6 Å². The molecule has 0 unspecified atom stereocenters. The summed E-state index contributed by atoms with van der Waals surface area (Å²) < 4.78 is 22.5. The Morgan fingerprint density at radius 1 is 0.805 bits per heavy atom. The largest absolute Gasteiger partial charge is 0.458 e. The minimum atomic E-state index is -1.46. The molecule has 0 saturated carbocycles. The zero-order chi connectivity index (χ0) is 31.1. The summed E-state index contributed by atoms with van der Waals surface area (Å²) in [5.74, 6) is -1.99. The van der Waals surface area contributed by atoms with Crippen LogP contribution >= 0.6 is 0 Å². The van der Waals surface area contributed by atoms with Crippen molar-refractivity contribution in [3.63, 3.8) is 0 Å². The van der Waals surface area contributed by atoms with E-state index in [1.54, 1.807) is 41.5 Å². The number of nitrogens with one attached hydrogen (secondary N) is 1. The molecule has 0 fully saturated rings. The highest BCUT2D eigenvalue weighted by molar-refractivity contribution is 5.89. The van der Waals surface area contributed by atoms with Crippen LogP contribution < -0.4 is 5.32 Å². The van der Waals surface area contributed by atoms with Gasteiger partial charge in [0.1, 0.15) is 17.8 Å². The molecule has 2 atom stereocenters. The summed E-state index contributed by atoms with van der Waals surface area (Å²) in [6, 6.07) is 6.49. The molecule has 1 aromatic rings. The van der Waals surface area contributed by atoms with Crippen LogP contribution in [0, 0.1) is 13.8 Å². The minimum absolute atomic E-state index is 0.0857. The smallest absolute Gasteiger partial charge is 0.339 e. The van der Waals surface area contributed by atoms with E-state index in [2.05, 4.69) is 37.4 Å². The highest BCUT2D eigenvalue weighted by Crippen LogP contribution is 2.17. The molecule has 0 aliphatic carbocycles. The molecule has 0 radical (unpaired) electrons. The van der Waals surface area contributed by atoms with Gasteiger partial charge >= 0.3 is 11.9 Å². The minimum Gasteiger partial charge on any atom is -0.458 e. The number of rotatable bonds is 18. The Morgan fingerprint density at radius 2 is 1.46 bits per heavy atom. The first-order chi connectivity index (χ1) is 19.1. The number of esters is 2. The van der Waals surface area contributed by atoms with Crippen molar-refractivity contribution in [2.45, 2.75) is 124 Å². The molecule has 0 aliphatic heterocycles. The van der Waals surface area contributed by atoms with E-state index in [0.29, 0.717) is 25.8 Å². The lowest BCUT2D eigenvalue weighted by Gasteiger charge is -2.29. The van der Waals surface area contributed by atoms with Crippen molar-refractivity contribution < 1.29 is 38.4 Å². The van der Waals surface area contributed by atoms with Crippen LogP contribution in [0.3, 0.4) is 0 Å². The summed E-state index contributed by atoms with van der Waals surface area (Å²) in [6.07, 6.45) is 2.71. The standard InChI is InChI=1S/C32H53NO8/c1-23-16-17-25(21-24(23)2)15-11-9-14-20-38-27(29(36)33-18-12-10-13-19-34)28(30(37)41-32(6,7)8)39-22-26(35)40-31(3,4)5/h16-17,21,27-28,34H,9-15,18-20,22H2,1-8H3,(H,33,36)/t27-,28-/m1/s1. The van der Waals surface area contributed by atoms with Gasteiger partial charge in [0.25, 0.3) is 5.91 Å². The Bertz CT molecular complexity index is 948. The normalized spacial score (nSPS) is 13.4. The molecule has 9 heteroatoms. The summed E-state index contributed by atoms with van der Waals surface area (Å²) in [7, 11) is 0. The van der Waals surface area contributed by atoms with Crippen molar-refractivity contribution in [2.75, 3.05) is 26.4 Å². The second-order valence-electron chi connectivity index (χ2n) is 12.4. The average molecular weight is 580 g/mol. The molecule has 234 valence electrons. The van der Waals surface area contributed by atoms with Gasteiger partial charge in [-0.3, -0.25) is 4.79 Å². The molecule has 1 aromatic carbocycles. The second-order valence-corrected chi connectivity index (χ2v) is 12.4. The second kappa shape index (κ2) is 18.1. The van der Waals surface area contributed by atoms with E-state index >= 15 is 0 Å². The summed E-state index contributed by atoms with van der Waals surface area (Å²) in [5, 5.41) is 11.8. The summed E-state index contributed by atoms with van der Waals surface area (Å²) in [6.45, 7) is 14.6. The molecule has 0 bridgehead atoms. The number of ether oxygens (including phenoxy) is 4. The predicted molar refractivity (Wildman–Crippen MR) is 159 cm³/mol. The third-order valence-corrected chi connectivity index (χ3v) is 6.09. The molecular weight excluding hydrogens is 526 g/mol. The molecule has 0 saturated heterocycles. The highest BCUT2D eigenvalue weighted by atomic mass is 16.6. The van der Waals surface area contributed by atoms with Crippen LogP contribution in [0.2, 0.25) is 0 Å². The molecule has 0 spiro atoms. The topological polar surface area (TPSA) is 120 Å². The van der Waals surface area contributed by atoms with Crippen molar-refractivity contribution >= 4 is 17.8 Å².